The van der Waals surface area contributed by atoms with Crippen molar-refractivity contribution in [2.24, 2.45) is 0 Å². The molecule has 0 rings (SSSR count). The highest BCUT2D eigenvalue weighted by Crippen LogP contribution is 2.55. The first-order valence-corrected chi connectivity index (χ1v) is 5.69. The van der Waals surface area contributed by atoms with Crippen LogP contribution in [0.2, 0.25) is 0 Å². The van der Waals surface area contributed by atoms with Gasteiger partial charge in [0.15, 0.2) is 0 Å². The maximum absolute atomic E-state index is 13.1. The number of alkyl halides is 12. The molecule has 0 radical (unpaired) electrons. The van der Waals surface area contributed by atoms with Crippen molar-refractivity contribution in [3.8, 4) is 0 Å². The van der Waals surface area contributed by atoms with Gasteiger partial charge in [0, 0.05) is 0 Å². The number of rotatable bonds is 5. The highest BCUT2D eigenvalue weighted by molar-refractivity contribution is 6.52. The molecular formula is C5Cl6F6O. The summed E-state index contributed by atoms with van der Waals surface area (Å²) in [6.45, 7) is 0. The highest BCUT2D eigenvalue weighted by atomic mass is 35.5. The molecule has 0 amide bonds. The predicted octanol–water partition coefficient (Wildman–Crippen LogP) is 5.56. The van der Waals surface area contributed by atoms with Gasteiger partial charge in [-0.1, -0.05) is 58.0 Å². The van der Waals surface area contributed by atoms with Gasteiger partial charge in [-0.15, -0.1) is 0 Å². The molecule has 2 unspecified atom stereocenters. The van der Waals surface area contributed by atoms with E-state index in [4.69, 9.17) is 0 Å². The topological polar surface area (TPSA) is 9.23 Å². The van der Waals surface area contributed by atoms with Crippen molar-refractivity contribution in [1.29, 1.82) is 0 Å². The third kappa shape index (κ3) is 3.90. The van der Waals surface area contributed by atoms with E-state index in [9.17, 15) is 26.3 Å². The van der Waals surface area contributed by atoms with Crippen LogP contribution in [0.25, 0.3) is 0 Å². The third-order valence-corrected chi connectivity index (χ3v) is 3.52. The Balaban J connectivity index is 5.33. The van der Waals surface area contributed by atoms with Crippen LogP contribution in [0.1, 0.15) is 0 Å². The molecule has 0 bridgehead atoms. The highest BCUT2D eigenvalue weighted by Gasteiger charge is 2.73. The average Bonchev–Trinajstić information content (AvgIpc) is 1.96. The Kier molecular flexibility index (Phi) is 5.61. The summed E-state index contributed by atoms with van der Waals surface area (Å²) in [5.74, 6) is 0. The van der Waals surface area contributed by atoms with Gasteiger partial charge in [0.05, 0.1) is 0 Å². The Morgan fingerprint density at radius 3 is 1.17 bits per heavy atom. The molecule has 0 spiro atoms. The van der Waals surface area contributed by atoms with E-state index in [0.29, 0.717) is 0 Å². The minimum atomic E-state index is -5.63. The average molecular weight is 403 g/mol. The fourth-order valence-electron chi connectivity index (χ4n) is 0.448. The van der Waals surface area contributed by atoms with Crippen molar-refractivity contribution in [3.63, 3.8) is 0 Å². The maximum atomic E-state index is 13.1. The summed E-state index contributed by atoms with van der Waals surface area (Å²) >= 11 is 26.3. The molecule has 0 aromatic heterocycles. The van der Waals surface area contributed by atoms with Gasteiger partial charge in [0.25, 0.3) is 0 Å². The van der Waals surface area contributed by atoms with Crippen molar-refractivity contribution in [2.45, 2.75) is 25.7 Å². The van der Waals surface area contributed by atoms with Crippen LogP contribution in [0.5, 0.6) is 0 Å². The van der Waals surface area contributed by atoms with Gasteiger partial charge in [-0.3, -0.25) is 4.74 Å². The second-order valence-corrected chi connectivity index (χ2v) is 6.18. The molecule has 0 fully saturated rings. The maximum Gasteiger partial charge on any atom is 0.413 e. The van der Waals surface area contributed by atoms with E-state index in [2.05, 4.69) is 74.3 Å². The molecule has 0 aromatic carbocycles. The zero-order chi connectivity index (χ0) is 15.2. The summed E-state index contributed by atoms with van der Waals surface area (Å²) in [7, 11) is 0. The van der Waals surface area contributed by atoms with Crippen LogP contribution >= 0.6 is 69.6 Å². The van der Waals surface area contributed by atoms with E-state index >= 15 is 0 Å². The Labute approximate surface area is 126 Å². The van der Waals surface area contributed by atoms with Crippen LogP contribution in [0.4, 0.5) is 26.3 Å². The molecule has 0 saturated carbocycles. The molecule has 1 nitrogen and oxygen atoms in total. The first-order valence-electron chi connectivity index (χ1n) is 3.43. The van der Waals surface area contributed by atoms with Gasteiger partial charge in [-0.25, -0.2) is 8.78 Å². The minimum absolute atomic E-state index is 2.79. The van der Waals surface area contributed by atoms with Gasteiger partial charge in [-0.2, -0.15) is 17.6 Å². The van der Waals surface area contributed by atoms with Crippen molar-refractivity contribution in [2.75, 3.05) is 0 Å². The zero-order valence-corrected chi connectivity index (χ0v) is 12.0. The van der Waals surface area contributed by atoms with E-state index < -0.39 is 25.7 Å². The lowest BCUT2D eigenvalue weighted by molar-refractivity contribution is -0.352. The van der Waals surface area contributed by atoms with Crippen LogP contribution in [-0.2, 0) is 4.74 Å². The Morgan fingerprint density at radius 2 is 0.944 bits per heavy atom. The molecule has 0 N–H and O–H groups in total. The minimum Gasteiger partial charge on any atom is -0.261 e. The fraction of sp³-hybridized carbons (Fsp3) is 1.00. The predicted molar refractivity (Wildman–Crippen MR) is 56.5 cm³/mol. The van der Waals surface area contributed by atoms with E-state index in [1.54, 1.807) is 0 Å². The first kappa shape index (κ1) is 19.3. The molecule has 0 aliphatic carbocycles. The van der Waals surface area contributed by atoms with Crippen LogP contribution in [0, 0.1) is 0 Å². The fourth-order valence-corrected chi connectivity index (χ4v) is 0.881. The Bertz CT molecular complexity index is 309. The van der Waals surface area contributed by atoms with Crippen LogP contribution < -0.4 is 0 Å². The Morgan fingerprint density at radius 1 is 0.611 bits per heavy atom. The number of halogens is 12. The summed E-state index contributed by atoms with van der Waals surface area (Å²) in [6, 6.07) is 0. The lowest BCUT2D eigenvalue weighted by atomic mass is 10.3. The van der Waals surface area contributed by atoms with Crippen LogP contribution in [-0.4, -0.2) is 25.7 Å². The van der Waals surface area contributed by atoms with E-state index in [1.807, 2.05) is 0 Å². The molecule has 2 atom stereocenters. The zero-order valence-electron chi connectivity index (χ0n) is 7.44. The third-order valence-electron chi connectivity index (χ3n) is 1.31. The normalized spacial score (nSPS) is 21.3. The van der Waals surface area contributed by atoms with Gasteiger partial charge in [-0.05, 0) is 11.6 Å². The molecule has 0 saturated heterocycles. The Hall–Kier alpha value is 1.28. The lowest BCUT2D eigenvalue weighted by Crippen LogP contribution is -2.56. The largest absolute Gasteiger partial charge is 0.413 e. The second kappa shape index (κ2) is 5.24. The molecule has 13 heteroatoms. The van der Waals surface area contributed by atoms with Gasteiger partial charge in [0.2, 0.25) is 0 Å². The summed E-state index contributed by atoms with van der Waals surface area (Å²) in [4.78, 5) is 0. The molecule has 0 heterocycles. The van der Waals surface area contributed by atoms with Gasteiger partial charge < -0.3 is 0 Å². The van der Waals surface area contributed by atoms with Crippen molar-refractivity contribution in [3.05, 3.63) is 0 Å². The van der Waals surface area contributed by atoms with E-state index in [1.165, 1.54) is 0 Å². The van der Waals surface area contributed by atoms with Crippen molar-refractivity contribution < 1.29 is 31.1 Å². The van der Waals surface area contributed by atoms with Crippen molar-refractivity contribution >= 4 is 69.6 Å². The van der Waals surface area contributed by atoms with Crippen LogP contribution in [0.3, 0.4) is 0 Å². The van der Waals surface area contributed by atoms with E-state index in [0.717, 1.165) is 0 Å². The summed E-state index contributed by atoms with van der Waals surface area (Å²) < 4.78 is 71.5. The molecule has 0 aliphatic rings. The number of ether oxygens (including phenoxy) is 1. The van der Waals surface area contributed by atoms with Crippen LogP contribution in [0.15, 0.2) is 0 Å². The monoisotopic (exact) mass is 400 g/mol. The number of hydrogen-bond donors (Lipinski definition) is 0. The van der Waals surface area contributed by atoms with Crippen molar-refractivity contribution in [1.82, 2.24) is 0 Å². The lowest BCUT2D eigenvalue weighted by Gasteiger charge is -2.35. The SMILES string of the molecule is FC(Cl)(Cl)C(F)(Cl)OC(F)(F)C(F)(Cl)C(F)(Cl)Cl. The number of hydrogen-bond acceptors (Lipinski definition) is 1. The standard InChI is InChI=1S/C5Cl6F6O/c6-1(12,2(7,8)13)5(16,17)18-4(11,15)3(9,10)14. The summed E-state index contributed by atoms with van der Waals surface area (Å²) in [5, 5.41) is -9.70. The van der Waals surface area contributed by atoms with Gasteiger partial charge >= 0.3 is 25.7 Å². The second-order valence-electron chi connectivity index (χ2n) is 2.71. The summed E-state index contributed by atoms with van der Waals surface area (Å²) in [5.41, 5.74) is 0. The molecular weight excluding hydrogens is 403 g/mol. The first-order chi connectivity index (χ1) is 7.46. The summed E-state index contributed by atoms with van der Waals surface area (Å²) in [6.07, 6.45) is -5.63. The quantitative estimate of drug-likeness (QED) is 0.432. The smallest absolute Gasteiger partial charge is 0.261 e. The molecule has 110 valence electrons. The molecule has 0 aromatic rings. The molecule has 0 aliphatic heterocycles. The molecule has 18 heavy (non-hydrogen) atoms. The van der Waals surface area contributed by atoms with Gasteiger partial charge in [0.1, 0.15) is 0 Å². The van der Waals surface area contributed by atoms with E-state index in [-0.39, 0.29) is 0 Å².